The number of hydrazine groups is 1. The number of hydrogen-bond donors (Lipinski definition) is 0. The standard InChI is InChI=1S/C25H25ClN2O5/c1-15(22(29)16-11-13-17(33-2)14-12-16)27(25(32)20-9-5-6-10-21(20)26)28-23(30)18-7-3-4-8-19(18)24(28)31/h5-6,9-15,18-19H,3-4,7-8H2,1-2H3/t15-,18-,19+/m1/s1. The van der Waals surface area contributed by atoms with E-state index in [-0.39, 0.29) is 10.6 Å². The van der Waals surface area contributed by atoms with E-state index in [1.54, 1.807) is 42.5 Å². The average Bonchev–Trinajstić information content (AvgIpc) is 3.09. The lowest BCUT2D eigenvalue weighted by atomic mass is 9.81. The van der Waals surface area contributed by atoms with Gasteiger partial charge in [0.1, 0.15) is 11.8 Å². The number of Topliss-reactive ketones (excluding diaryl/α,β-unsaturated/α-hetero) is 1. The van der Waals surface area contributed by atoms with Gasteiger partial charge in [-0.05, 0) is 56.2 Å². The van der Waals surface area contributed by atoms with Crippen LogP contribution in [0.5, 0.6) is 5.75 Å². The van der Waals surface area contributed by atoms with Crippen LogP contribution in [0.15, 0.2) is 48.5 Å². The Bertz CT molecular complexity index is 1080. The fraction of sp³-hybridized carbons (Fsp3) is 0.360. The van der Waals surface area contributed by atoms with Gasteiger partial charge in [0.05, 0.1) is 29.5 Å². The SMILES string of the molecule is COc1ccc(C(=O)[C@@H](C)N(C(=O)c2ccccc2Cl)N2C(=O)[C@H]3CCCC[C@H]3C2=O)cc1. The quantitative estimate of drug-likeness (QED) is 0.469. The molecule has 33 heavy (non-hydrogen) atoms. The number of fused-ring (bicyclic) bond motifs is 1. The maximum absolute atomic E-state index is 13.7. The van der Waals surface area contributed by atoms with Gasteiger partial charge < -0.3 is 4.74 Å². The molecule has 1 saturated carbocycles. The molecule has 0 bridgehead atoms. The molecule has 7 nitrogen and oxygen atoms in total. The minimum absolute atomic E-state index is 0.115. The number of methoxy groups -OCH3 is 1. The summed E-state index contributed by atoms with van der Waals surface area (Å²) in [6.07, 6.45) is 2.90. The number of rotatable bonds is 6. The van der Waals surface area contributed by atoms with Crippen LogP contribution < -0.4 is 4.74 Å². The van der Waals surface area contributed by atoms with E-state index in [2.05, 4.69) is 0 Å². The Morgan fingerprint density at radius 3 is 2.12 bits per heavy atom. The summed E-state index contributed by atoms with van der Waals surface area (Å²) in [7, 11) is 1.52. The van der Waals surface area contributed by atoms with Crippen molar-refractivity contribution in [2.75, 3.05) is 7.11 Å². The third-order valence-corrected chi connectivity index (χ3v) is 6.80. The van der Waals surface area contributed by atoms with Crippen molar-refractivity contribution >= 4 is 35.1 Å². The molecule has 3 amide bonds. The summed E-state index contributed by atoms with van der Waals surface area (Å²) in [5, 5.41) is 2.07. The fourth-order valence-electron chi connectivity index (χ4n) is 4.66. The lowest BCUT2D eigenvalue weighted by Gasteiger charge is -2.35. The Kier molecular flexibility index (Phi) is 6.51. The Hall–Kier alpha value is -3.19. The Balaban J connectivity index is 1.75. The van der Waals surface area contributed by atoms with E-state index in [0.29, 0.717) is 24.2 Å². The predicted octanol–water partition coefficient (Wildman–Crippen LogP) is 4.15. The zero-order valence-electron chi connectivity index (χ0n) is 18.5. The van der Waals surface area contributed by atoms with E-state index in [0.717, 1.165) is 22.9 Å². The Morgan fingerprint density at radius 1 is 1.00 bits per heavy atom. The second-order valence-electron chi connectivity index (χ2n) is 8.38. The van der Waals surface area contributed by atoms with Crippen molar-refractivity contribution in [2.24, 2.45) is 11.8 Å². The van der Waals surface area contributed by atoms with Crippen LogP contribution in [0.2, 0.25) is 5.02 Å². The van der Waals surface area contributed by atoms with E-state index in [1.807, 2.05) is 0 Å². The molecule has 1 heterocycles. The topological polar surface area (TPSA) is 84.0 Å². The van der Waals surface area contributed by atoms with Gasteiger partial charge in [-0.2, -0.15) is 5.01 Å². The lowest BCUT2D eigenvalue weighted by molar-refractivity contribution is -0.156. The highest BCUT2D eigenvalue weighted by Crippen LogP contribution is 2.39. The van der Waals surface area contributed by atoms with Crippen LogP contribution in [0.1, 0.15) is 53.3 Å². The number of halogens is 1. The van der Waals surface area contributed by atoms with Gasteiger partial charge in [0.2, 0.25) is 0 Å². The van der Waals surface area contributed by atoms with Crippen LogP contribution in [0.4, 0.5) is 0 Å². The smallest absolute Gasteiger partial charge is 0.275 e. The average molecular weight is 469 g/mol. The van der Waals surface area contributed by atoms with Crippen molar-refractivity contribution < 1.29 is 23.9 Å². The molecule has 0 radical (unpaired) electrons. The number of benzene rings is 2. The van der Waals surface area contributed by atoms with Gasteiger partial charge in [0.25, 0.3) is 17.7 Å². The molecule has 1 aliphatic carbocycles. The molecular weight excluding hydrogens is 444 g/mol. The van der Waals surface area contributed by atoms with Crippen molar-refractivity contribution in [2.45, 2.75) is 38.6 Å². The molecule has 2 aromatic carbocycles. The number of imide groups is 1. The van der Waals surface area contributed by atoms with Gasteiger partial charge >= 0.3 is 0 Å². The van der Waals surface area contributed by atoms with E-state index >= 15 is 0 Å². The highest BCUT2D eigenvalue weighted by Gasteiger charge is 2.53. The van der Waals surface area contributed by atoms with Crippen LogP contribution in [-0.2, 0) is 9.59 Å². The van der Waals surface area contributed by atoms with E-state index in [9.17, 15) is 19.2 Å². The summed E-state index contributed by atoms with van der Waals surface area (Å²) in [5.41, 5.74) is 0.445. The summed E-state index contributed by atoms with van der Waals surface area (Å²) in [6, 6.07) is 11.7. The summed E-state index contributed by atoms with van der Waals surface area (Å²) in [5.74, 6) is -2.29. The second kappa shape index (κ2) is 9.35. The highest BCUT2D eigenvalue weighted by atomic mass is 35.5. The number of amides is 3. The van der Waals surface area contributed by atoms with Crippen molar-refractivity contribution in [3.63, 3.8) is 0 Å². The molecule has 4 rings (SSSR count). The van der Waals surface area contributed by atoms with Crippen molar-refractivity contribution in [1.29, 1.82) is 0 Å². The fourth-order valence-corrected chi connectivity index (χ4v) is 4.88. The van der Waals surface area contributed by atoms with Crippen LogP contribution >= 0.6 is 11.6 Å². The largest absolute Gasteiger partial charge is 0.497 e. The molecule has 3 atom stereocenters. The van der Waals surface area contributed by atoms with E-state index in [1.165, 1.54) is 20.1 Å². The van der Waals surface area contributed by atoms with E-state index in [4.69, 9.17) is 16.3 Å². The first kappa shape index (κ1) is 23.0. The summed E-state index contributed by atoms with van der Waals surface area (Å²) in [4.78, 5) is 53.6. The molecular formula is C25H25ClN2O5. The highest BCUT2D eigenvalue weighted by molar-refractivity contribution is 6.34. The van der Waals surface area contributed by atoms with Crippen LogP contribution in [0.3, 0.4) is 0 Å². The molecule has 2 aliphatic rings. The van der Waals surface area contributed by atoms with Crippen LogP contribution in [-0.4, -0.2) is 46.7 Å². The predicted molar refractivity (Wildman–Crippen MR) is 122 cm³/mol. The summed E-state index contributed by atoms with van der Waals surface area (Å²) < 4.78 is 5.14. The third kappa shape index (κ3) is 4.13. The molecule has 1 aliphatic heterocycles. The Labute approximate surface area is 197 Å². The number of hydrogen-bond acceptors (Lipinski definition) is 5. The number of ether oxygens (including phenoxy) is 1. The van der Waals surface area contributed by atoms with Gasteiger partial charge in [-0.3, -0.25) is 19.2 Å². The van der Waals surface area contributed by atoms with Gasteiger partial charge in [-0.1, -0.05) is 36.6 Å². The molecule has 0 aromatic heterocycles. The Morgan fingerprint density at radius 2 is 1.58 bits per heavy atom. The van der Waals surface area contributed by atoms with E-state index < -0.39 is 41.4 Å². The first-order valence-electron chi connectivity index (χ1n) is 11.0. The van der Waals surface area contributed by atoms with Gasteiger partial charge in [0, 0.05) is 5.56 Å². The molecule has 0 unspecified atom stereocenters. The molecule has 0 spiro atoms. The number of carbonyl (C=O) groups excluding carboxylic acids is 4. The first-order chi connectivity index (χ1) is 15.8. The molecule has 8 heteroatoms. The normalized spacial score (nSPS) is 20.9. The number of carbonyl (C=O) groups is 4. The zero-order chi connectivity index (χ0) is 23.7. The van der Waals surface area contributed by atoms with Gasteiger partial charge in [-0.15, -0.1) is 0 Å². The van der Waals surface area contributed by atoms with Crippen LogP contribution in [0, 0.1) is 11.8 Å². The molecule has 2 fully saturated rings. The summed E-state index contributed by atoms with van der Waals surface area (Å²) >= 11 is 6.26. The molecule has 0 N–H and O–H groups in total. The van der Waals surface area contributed by atoms with Crippen LogP contribution in [0.25, 0.3) is 0 Å². The molecule has 1 saturated heterocycles. The maximum Gasteiger partial charge on any atom is 0.275 e. The molecule has 2 aromatic rings. The number of nitrogens with zero attached hydrogens (tertiary/aromatic N) is 2. The summed E-state index contributed by atoms with van der Waals surface area (Å²) in [6.45, 7) is 1.52. The van der Waals surface area contributed by atoms with Gasteiger partial charge in [-0.25, -0.2) is 5.01 Å². The zero-order valence-corrected chi connectivity index (χ0v) is 19.2. The third-order valence-electron chi connectivity index (χ3n) is 6.47. The monoisotopic (exact) mass is 468 g/mol. The van der Waals surface area contributed by atoms with Crippen molar-refractivity contribution in [3.05, 3.63) is 64.7 Å². The molecule has 172 valence electrons. The minimum Gasteiger partial charge on any atom is -0.497 e. The van der Waals surface area contributed by atoms with Crippen molar-refractivity contribution in [3.8, 4) is 5.75 Å². The lowest BCUT2D eigenvalue weighted by Crippen LogP contribution is -2.56. The number of ketones is 1. The van der Waals surface area contributed by atoms with Crippen molar-refractivity contribution in [1.82, 2.24) is 10.0 Å². The van der Waals surface area contributed by atoms with Gasteiger partial charge in [0.15, 0.2) is 5.78 Å². The maximum atomic E-state index is 13.7. The first-order valence-corrected chi connectivity index (χ1v) is 11.4. The second-order valence-corrected chi connectivity index (χ2v) is 8.79. The minimum atomic E-state index is -1.12.